The van der Waals surface area contributed by atoms with Crippen molar-refractivity contribution in [1.29, 1.82) is 0 Å². The molecule has 33 heavy (non-hydrogen) atoms. The summed E-state index contributed by atoms with van der Waals surface area (Å²) in [6, 6.07) is 28.7. The van der Waals surface area contributed by atoms with E-state index in [1.165, 1.54) is 0 Å². The van der Waals surface area contributed by atoms with Gasteiger partial charge in [0.1, 0.15) is 11.5 Å². The van der Waals surface area contributed by atoms with Crippen LogP contribution in [0.15, 0.2) is 128 Å². The van der Waals surface area contributed by atoms with Crippen LogP contribution in [0.5, 0.6) is 17.2 Å². The van der Waals surface area contributed by atoms with E-state index in [2.05, 4.69) is 13.5 Å². The van der Waals surface area contributed by atoms with Crippen molar-refractivity contribution in [3.8, 4) is 17.2 Å². The molecule has 172 valence electrons. The Bertz CT molecular complexity index is 909. The molecule has 0 bridgehead atoms. The fourth-order valence-corrected chi connectivity index (χ4v) is 2.54. The Labute approximate surface area is 197 Å². The van der Waals surface area contributed by atoms with E-state index >= 15 is 0 Å². The van der Waals surface area contributed by atoms with E-state index in [9.17, 15) is 0 Å². The minimum Gasteiger partial charge on any atom is -0.455 e. The number of para-hydroxylation sites is 3. The summed E-state index contributed by atoms with van der Waals surface area (Å²) in [5.74, 6) is 2.99. The van der Waals surface area contributed by atoms with E-state index < -0.39 is 0 Å². The van der Waals surface area contributed by atoms with Crippen LogP contribution in [0.2, 0.25) is 0 Å². The van der Waals surface area contributed by atoms with Gasteiger partial charge in [0, 0.05) is 6.92 Å². The minimum absolute atomic E-state index is 0.301. The van der Waals surface area contributed by atoms with Gasteiger partial charge >= 0.3 is 0 Å². The van der Waals surface area contributed by atoms with Gasteiger partial charge < -0.3 is 9.47 Å². The molecule has 0 saturated carbocycles. The second-order valence-corrected chi connectivity index (χ2v) is 6.85. The van der Waals surface area contributed by atoms with Crippen LogP contribution < -0.4 is 14.4 Å². The minimum atomic E-state index is -0.301. The molecule has 0 atom stereocenters. The van der Waals surface area contributed by atoms with Crippen molar-refractivity contribution in [3.05, 3.63) is 128 Å². The smallest absolute Gasteiger partial charge is 0.238 e. The van der Waals surface area contributed by atoms with Crippen LogP contribution in [0.25, 0.3) is 0 Å². The quantitative estimate of drug-likeness (QED) is 0.0752. The molecule has 3 aromatic carbocycles. The summed E-state index contributed by atoms with van der Waals surface area (Å²) in [4.78, 5) is 10.5. The summed E-state index contributed by atoms with van der Waals surface area (Å²) in [7, 11) is 0. The van der Waals surface area contributed by atoms with Gasteiger partial charge in [-0.2, -0.15) is 0 Å². The lowest BCUT2D eigenvalue weighted by Gasteiger charge is -2.16. The van der Waals surface area contributed by atoms with E-state index in [1.54, 1.807) is 0 Å². The Balaban J connectivity index is 0.000000234. The number of ether oxygens (including phenoxy) is 2. The summed E-state index contributed by atoms with van der Waals surface area (Å²) >= 11 is 0. The maximum atomic E-state index is 5.60. The molecule has 4 heteroatoms. The molecule has 0 aliphatic heterocycles. The van der Waals surface area contributed by atoms with Gasteiger partial charge in [-0.1, -0.05) is 73.7 Å². The zero-order valence-corrected chi connectivity index (χ0v) is 19.3. The number of hydrogen-bond donors (Lipinski definition) is 0. The SMILES string of the molecule is C=CCC=C(/C=C\CC)OOc1ccccc1.CC(Oc1ccccc1)Oc1ccccc1. The Morgan fingerprint density at radius 3 is 1.73 bits per heavy atom. The van der Waals surface area contributed by atoms with Crippen molar-refractivity contribution in [3.63, 3.8) is 0 Å². The van der Waals surface area contributed by atoms with Crippen LogP contribution >= 0.6 is 0 Å². The van der Waals surface area contributed by atoms with Gasteiger partial charge in [0.2, 0.25) is 6.29 Å². The highest BCUT2D eigenvalue weighted by Crippen LogP contribution is 2.15. The van der Waals surface area contributed by atoms with Gasteiger partial charge in [0.15, 0.2) is 11.5 Å². The standard InChI is InChI=1S/C15H18O2.C14H14O2/c1-3-5-10-14(11-6-4-2)16-17-15-12-8-7-9-13-15;1-12(15-13-8-4-2-5-9-13)16-14-10-6-3-7-11-14/h3,6-13H,1,4-5H2,2H3;2-12H,1H3/b11-6-,14-10?;. The monoisotopic (exact) mass is 444 g/mol. The van der Waals surface area contributed by atoms with Gasteiger partial charge in [-0.3, -0.25) is 9.78 Å². The molecule has 0 unspecified atom stereocenters. The first-order valence-corrected chi connectivity index (χ1v) is 11.0. The number of allylic oxidation sites excluding steroid dienone is 4. The van der Waals surface area contributed by atoms with Gasteiger partial charge in [-0.15, -0.1) is 6.58 Å². The van der Waals surface area contributed by atoms with Gasteiger partial charge in [0.05, 0.1) is 0 Å². The zero-order valence-electron chi connectivity index (χ0n) is 19.3. The molecule has 4 nitrogen and oxygen atoms in total. The number of hydrogen-bond acceptors (Lipinski definition) is 4. The maximum Gasteiger partial charge on any atom is 0.238 e. The first-order chi connectivity index (χ1) is 16.2. The van der Waals surface area contributed by atoms with Crippen molar-refractivity contribution in [2.45, 2.75) is 33.0 Å². The third-order valence-corrected chi connectivity index (χ3v) is 4.07. The van der Waals surface area contributed by atoms with Crippen LogP contribution in [0.1, 0.15) is 26.7 Å². The third-order valence-electron chi connectivity index (χ3n) is 4.07. The Morgan fingerprint density at radius 1 is 0.788 bits per heavy atom. The molecule has 0 spiro atoms. The predicted molar refractivity (Wildman–Crippen MR) is 134 cm³/mol. The molecule has 0 N–H and O–H groups in total. The predicted octanol–water partition coefficient (Wildman–Crippen LogP) is 7.91. The van der Waals surface area contributed by atoms with Crippen LogP contribution in [0.3, 0.4) is 0 Å². The number of benzene rings is 3. The Hall–Kier alpha value is -3.92. The molecule has 3 aromatic rings. The molecule has 0 aromatic heterocycles. The number of rotatable bonds is 11. The lowest BCUT2D eigenvalue weighted by molar-refractivity contribution is -0.161. The fourth-order valence-electron chi connectivity index (χ4n) is 2.54. The van der Waals surface area contributed by atoms with E-state index in [1.807, 2.05) is 122 Å². The first kappa shape index (κ1) is 25.3. The molecule has 0 saturated heterocycles. The molecule has 0 fully saturated rings. The lowest BCUT2D eigenvalue weighted by atomic mass is 10.3. The van der Waals surface area contributed by atoms with E-state index in [-0.39, 0.29) is 6.29 Å². The topological polar surface area (TPSA) is 36.9 Å². The maximum absolute atomic E-state index is 5.60. The summed E-state index contributed by atoms with van der Waals surface area (Å²) in [5, 5.41) is 0. The van der Waals surface area contributed by atoms with Gasteiger partial charge in [-0.25, -0.2) is 0 Å². The van der Waals surface area contributed by atoms with Gasteiger partial charge in [-0.05, 0) is 61.4 Å². The molecular formula is C29H32O4. The average Bonchev–Trinajstić information content (AvgIpc) is 2.86. The highest BCUT2D eigenvalue weighted by molar-refractivity contribution is 5.23. The van der Waals surface area contributed by atoms with Crippen LogP contribution in [0.4, 0.5) is 0 Å². The van der Waals surface area contributed by atoms with Gasteiger partial charge in [0.25, 0.3) is 0 Å². The molecule has 0 heterocycles. The molecule has 0 amide bonds. The summed E-state index contributed by atoms with van der Waals surface area (Å²) in [5.41, 5.74) is 0. The zero-order chi connectivity index (χ0) is 23.6. The van der Waals surface area contributed by atoms with Crippen LogP contribution in [-0.4, -0.2) is 6.29 Å². The van der Waals surface area contributed by atoms with Crippen molar-refractivity contribution in [1.82, 2.24) is 0 Å². The Kier molecular flexibility index (Phi) is 12.1. The second-order valence-electron chi connectivity index (χ2n) is 6.85. The summed E-state index contributed by atoms with van der Waals surface area (Å²) in [6.45, 7) is 7.61. The van der Waals surface area contributed by atoms with Crippen molar-refractivity contribution >= 4 is 0 Å². The first-order valence-electron chi connectivity index (χ1n) is 11.0. The highest BCUT2D eigenvalue weighted by Gasteiger charge is 2.04. The van der Waals surface area contributed by atoms with Crippen molar-refractivity contribution in [2.24, 2.45) is 0 Å². The highest BCUT2D eigenvalue weighted by atomic mass is 17.2. The normalized spacial score (nSPS) is 10.8. The Morgan fingerprint density at radius 2 is 1.27 bits per heavy atom. The molecule has 0 aliphatic carbocycles. The largest absolute Gasteiger partial charge is 0.455 e. The summed E-state index contributed by atoms with van der Waals surface area (Å²) < 4.78 is 11.2. The van der Waals surface area contributed by atoms with E-state index in [0.717, 1.165) is 24.3 Å². The van der Waals surface area contributed by atoms with Crippen LogP contribution in [0, 0.1) is 0 Å². The van der Waals surface area contributed by atoms with Crippen molar-refractivity contribution < 1.29 is 19.2 Å². The van der Waals surface area contributed by atoms with Crippen LogP contribution in [-0.2, 0) is 4.89 Å². The fraction of sp³-hybridized carbons (Fsp3) is 0.172. The van der Waals surface area contributed by atoms with Crippen molar-refractivity contribution in [2.75, 3.05) is 0 Å². The molecule has 0 aliphatic rings. The molecular weight excluding hydrogens is 412 g/mol. The molecule has 3 rings (SSSR count). The molecule has 0 radical (unpaired) electrons. The summed E-state index contributed by atoms with van der Waals surface area (Å²) in [6.07, 6.45) is 9.05. The third kappa shape index (κ3) is 11.3. The van der Waals surface area contributed by atoms with E-state index in [4.69, 9.17) is 19.2 Å². The lowest BCUT2D eigenvalue weighted by Crippen LogP contribution is -2.19. The second kappa shape index (κ2) is 15.8. The van der Waals surface area contributed by atoms with E-state index in [0.29, 0.717) is 11.5 Å². The average molecular weight is 445 g/mol.